The molecule has 1 N–H and O–H groups in total. The van der Waals surface area contributed by atoms with Crippen molar-refractivity contribution in [3.8, 4) is 0 Å². The minimum absolute atomic E-state index is 0.0275. The van der Waals surface area contributed by atoms with Crippen molar-refractivity contribution in [2.45, 2.75) is 4.90 Å². The summed E-state index contributed by atoms with van der Waals surface area (Å²) in [6.45, 7) is 0. The first-order valence-corrected chi connectivity index (χ1v) is 8.74. The zero-order valence-electron chi connectivity index (χ0n) is 12.5. The van der Waals surface area contributed by atoms with Gasteiger partial charge in [0.15, 0.2) is 0 Å². The normalized spacial score (nSPS) is 11.0. The Balaban J connectivity index is 2.44. The molecule has 0 fully saturated rings. The minimum Gasteiger partial charge on any atom is -0.465 e. The smallest absolute Gasteiger partial charge is 0.337 e. The Labute approximate surface area is 152 Å². The number of benzene rings is 2. The number of halogens is 2. The number of esters is 1. The summed E-state index contributed by atoms with van der Waals surface area (Å²) in [5, 5.41) is 10.7. The lowest BCUT2D eigenvalue weighted by molar-refractivity contribution is -0.384. The van der Waals surface area contributed by atoms with E-state index < -0.39 is 26.6 Å². The second kappa shape index (κ2) is 7.26. The molecule has 0 saturated heterocycles. The molecule has 2 aromatic rings. The number of anilines is 1. The molecular weight excluding hydrogens is 395 g/mol. The summed E-state index contributed by atoms with van der Waals surface area (Å²) in [6.07, 6.45) is 0. The number of hydrogen-bond acceptors (Lipinski definition) is 6. The lowest BCUT2D eigenvalue weighted by atomic mass is 10.2. The molecule has 0 aliphatic carbocycles. The first kappa shape index (κ1) is 19.0. The maximum absolute atomic E-state index is 12.4. The Morgan fingerprint density at radius 1 is 1.16 bits per heavy atom. The van der Waals surface area contributed by atoms with E-state index in [0.717, 1.165) is 18.2 Å². The summed E-state index contributed by atoms with van der Waals surface area (Å²) < 4.78 is 31.6. The Bertz CT molecular complexity index is 962. The Morgan fingerprint density at radius 2 is 1.80 bits per heavy atom. The highest BCUT2D eigenvalue weighted by Crippen LogP contribution is 2.30. The highest BCUT2D eigenvalue weighted by molar-refractivity contribution is 7.92. The van der Waals surface area contributed by atoms with E-state index in [1.54, 1.807) is 0 Å². The zero-order valence-corrected chi connectivity index (χ0v) is 14.9. The van der Waals surface area contributed by atoms with E-state index >= 15 is 0 Å². The van der Waals surface area contributed by atoms with E-state index in [4.69, 9.17) is 23.2 Å². The number of nitrogens with one attached hydrogen (secondary N) is 1. The standard InChI is InChI=1S/C14H10Cl2N2O6S/c1-24-14(19)8-2-4-10(15)12(6-8)17-25(22,23)9-3-5-11(16)13(7-9)18(20)21/h2-7,17H,1H3. The first-order chi connectivity index (χ1) is 11.7. The number of methoxy groups -OCH3 is 1. The number of nitrogens with zero attached hydrogens (tertiary/aromatic N) is 1. The van der Waals surface area contributed by atoms with Crippen LogP contribution in [0.2, 0.25) is 10.0 Å². The lowest BCUT2D eigenvalue weighted by Crippen LogP contribution is -2.14. The van der Waals surface area contributed by atoms with Crippen molar-refractivity contribution < 1.29 is 22.9 Å². The number of carbonyl (C=O) groups excluding carboxylic acids is 1. The van der Waals surface area contributed by atoms with Gasteiger partial charge >= 0.3 is 5.97 Å². The summed E-state index contributed by atoms with van der Waals surface area (Å²) in [5.74, 6) is -0.681. The fraction of sp³-hybridized carbons (Fsp3) is 0.0714. The van der Waals surface area contributed by atoms with Gasteiger partial charge in [-0.1, -0.05) is 23.2 Å². The van der Waals surface area contributed by atoms with Crippen LogP contribution in [0, 0.1) is 10.1 Å². The van der Waals surface area contributed by atoms with Crippen LogP contribution in [0.5, 0.6) is 0 Å². The van der Waals surface area contributed by atoms with E-state index in [-0.39, 0.29) is 26.2 Å². The minimum atomic E-state index is -4.21. The fourth-order valence-corrected chi connectivity index (χ4v) is 3.35. The van der Waals surface area contributed by atoms with Gasteiger partial charge in [0.05, 0.1) is 33.2 Å². The molecule has 0 saturated carbocycles. The summed E-state index contributed by atoms with van der Waals surface area (Å²) in [4.78, 5) is 21.3. The van der Waals surface area contributed by atoms with Crippen LogP contribution in [0.15, 0.2) is 41.3 Å². The monoisotopic (exact) mass is 404 g/mol. The van der Waals surface area contributed by atoms with Crippen molar-refractivity contribution in [2.75, 3.05) is 11.8 Å². The van der Waals surface area contributed by atoms with E-state index in [1.807, 2.05) is 0 Å². The van der Waals surface area contributed by atoms with Gasteiger partial charge in [-0.05, 0) is 30.3 Å². The Morgan fingerprint density at radius 3 is 2.40 bits per heavy atom. The first-order valence-electron chi connectivity index (χ1n) is 6.50. The van der Waals surface area contributed by atoms with Crippen molar-refractivity contribution in [3.05, 3.63) is 62.1 Å². The van der Waals surface area contributed by atoms with E-state index in [9.17, 15) is 23.3 Å². The number of nitro groups is 1. The van der Waals surface area contributed by atoms with Gasteiger partial charge < -0.3 is 4.74 Å². The molecule has 0 spiro atoms. The average Bonchev–Trinajstić information content (AvgIpc) is 2.55. The molecule has 0 aliphatic rings. The molecule has 0 amide bonds. The molecule has 8 nitrogen and oxygen atoms in total. The van der Waals surface area contributed by atoms with Gasteiger partial charge in [-0.3, -0.25) is 14.8 Å². The summed E-state index contributed by atoms with van der Waals surface area (Å²) >= 11 is 11.6. The van der Waals surface area contributed by atoms with Gasteiger partial charge in [-0.2, -0.15) is 0 Å². The van der Waals surface area contributed by atoms with Crippen LogP contribution in [-0.2, 0) is 14.8 Å². The number of nitro benzene ring substituents is 1. The second-order valence-corrected chi connectivity index (χ2v) is 7.16. The molecule has 2 aromatic carbocycles. The van der Waals surface area contributed by atoms with Crippen LogP contribution in [-0.4, -0.2) is 26.4 Å². The van der Waals surface area contributed by atoms with Crippen molar-refractivity contribution >= 4 is 50.6 Å². The van der Waals surface area contributed by atoms with E-state index in [2.05, 4.69) is 9.46 Å². The SMILES string of the molecule is COC(=O)c1ccc(Cl)c(NS(=O)(=O)c2ccc(Cl)c([N+](=O)[O-])c2)c1. The number of rotatable bonds is 5. The van der Waals surface area contributed by atoms with Gasteiger partial charge in [0.1, 0.15) is 5.02 Å². The summed E-state index contributed by atoms with van der Waals surface area (Å²) in [6, 6.07) is 6.89. The molecule has 2 rings (SSSR count). The maximum Gasteiger partial charge on any atom is 0.337 e. The van der Waals surface area contributed by atoms with Crippen LogP contribution in [0.4, 0.5) is 11.4 Å². The van der Waals surface area contributed by atoms with E-state index in [0.29, 0.717) is 0 Å². The number of hydrogen-bond donors (Lipinski definition) is 1. The predicted octanol–water partition coefficient (Wildman–Crippen LogP) is 3.49. The molecule has 11 heteroatoms. The second-order valence-electron chi connectivity index (χ2n) is 4.66. The van der Waals surface area contributed by atoms with Crippen molar-refractivity contribution in [2.24, 2.45) is 0 Å². The van der Waals surface area contributed by atoms with Crippen molar-refractivity contribution in [1.29, 1.82) is 0 Å². The highest BCUT2D eigenvalue weighted by Gasteiger charge is 2.22. The topological polar surface area (TPSA) is 116 Å². The molecule has 0 atom stereocenters. The highest BCUT2D eigenvalue weighted by atomic mass is 35.5. The fourth-order valence-electron chi connectivity index (χ4n) is 1.85. The molecule has 132 valence electrons. The molecule has 0 heterocycles. The Hall–Kier alpha value is -2.36. The van der Waals surface area contributed by atoms with Crippen LogP contribution < -0.4 is 4.72 Å². The maximum atomic E-state index is 12.4. The molecule has 0 aromatic heterocycles. The number of sulfonamides is 1. The lowest BCUT2D eigenvalue weighted by Gasteiger charge is -2.11. The van der Waals surface area contributed by atoms with Gasteiger partial charge in [-0.15, -0.1) is 0 Å². The van der Waals surface area contributed by atoms with Crippen LogP contribution in [0.3, 0.4) is 0 Å². The van der Waals surface area contributed by atoms with Gasteiger partial charge in [0.25, 0.3) is 15.7 Å². The average molecular weight is 405 g/mol. The van der Waals surface area contributed by atoms with Crippen molar-refractivity contribution in [3.63, 3.8) is 0 Å². The van der Waals surface area contributed by atoms with Crippen molar-refractivity contribution in [1.82, 2.24) is 0 Å². The number of carbonyl (C=O) groups is 1. The van der Waals surface area contributed by atoms with Crippen LogP contribution in [0.1, 0.15) is 10.4 Å². The predicted molar refractivity (Wildman–Crippen MR) is 91.7 cm³/mol. The van der Waals surface area contributed by atoms with Crippen LogP contribution in [0.25, 0.3) is 0 Å². The van der Waals surface area contributed by atoms with Crippen LogP contribution >= 0.6 is 23.2 Å². The zero-order chi connectivity index (χ0) is 18.8. The Kier molecular flexibility index (Phi) is 5.51. The molecule has 0 unspecified atom stereocenters. The summed E-state index contributed by atoms with van der Waals surface area (Å²) in [7, 11) is -3.03. The quantitative estimate of drug-likeness (QED) is 0.463. The molecule has 0 radical (unpaired) electrons. The van der Waals surface area contributed by atoms with Gasteiger partial charge in [-0.25, -0.2) is 13.2 Å². The molecule has 0 bridgehead atoms. The largest absolute Gasteiger partial charge is 0.465 e. The molecule has 25 heavy (non-hydrogen) atoms. The summed E-state index contributed by atoms with van der Waals surface area (Å²) in [5.41, 5.74) is -0.562. The third-order valence-corrected chi connectivity index (χ3v) is 5.07. The number of ether oxygens (including phenoxy) is 1. The third kappa shape index (κ3) is 4.19. The van der Waals surface area contributed by atoms with Gasteiger partial charge in [0.2, 0.25) is 0 Å². The van der Waals surface area contributed by atoms with Gasteiger partial charge in [0, 0.05) is 6.07 Å². The molecular formula is C14H10Cl2N2O6S. The van der Waals surface area contributed by atoms with E-state index in [1.165, 1.54) is 25.3 Å². The molecule has 0 aliphatic heterocycles. The third-order valence-electron chi connectivity index (χ3n) is 3.06.